The van der Waals surface area contributed by atoms with Gasteiger partial charge < -0.3 is 24.5 Å². The standard InChI is InChI=1S/C34H36F3N3O4/c1-3-38(4-2)15-16-40-29-22-24(9-5-8-12-30(41)39-17-19-44-20-18-39)21-28(34(35,36)37)31(29)33(43,32(40)42)27-14-13-25-10-6-7-11-26(25)23-27/h6-7,10-11,13-14,21-23,43H,3-4,8,12,15-20H2,1-2H3/p+1/t33-/m1/s1. The predicted molar refractivity (Wildman–Crippen MR) is 161 cm³/mol. The van der Waals surface area contributed by atoms with Crippen molar-refractivity contribution in [2.45, 2.75) is 38.5 Å². The van der Waals surface area contributed by atoms with E-state index in [1.165, 1.54) is 17.0 Å². The molecule has 0 bridgehead atoms. The van der Waals surface area contributed by atoms with E-state index in [0.717, 1.165) is 29.4 Å². The number of anilines is 1. The van der Waals surface area contributed by atoms with Gasteiger partial charge in [0.1, 0.15) is 0 Å². The summed E-state index contributed by atoms with van der Waals surface area (Å²) in [5, 5.41) is 13.7. The van der Waals surface area contributed by atoms with Crippen molar-refractivity contribution in [1.82, 2.24) is 4.90 Å². The number of morpholine rings is 1. The molecule has 1 atom stereocenters. The molecule has 10 heteroatoms. The van der Waals surface area contributed by atoms with Crippen molar-refractivity contribution in [1.29, 1.82) is 0 Å². The molecular formula is C34H37F3N3O4+. The first kappa shape index (κ1) is 31.5. The number of ether oxygens (including phenoxy) is 1. The van der Waals surface area contributed by atoms with Crippen LogP contribution in [0.25, 0.3) is 10.8 Å². The lowest BCUT2D eigenvalue weighted by Gasteiger charge is -2.26. The number of nitrogens with one attached hydrogen (secondary N) is 1. The molecule has 0 radical (unpaired) electrons. The highest BCUT2D eigenvalue weighted by Crippen LogP contribution is 2.50. The summed E-state index contributed by atoms with van der Waals surface area (Å²) in [6.45, 7) is 8.15. The van der Waals surface area contributed by atoms with Gasteiger partial charge in [0.05, 0.1) is 50.6 Å². The lowest BCUT2D eigenvalue weighted by molar-refractivity contribution is -0.894. The van der Waals surface area contributed by atoms with Gasteiger partial charge in [-0.3, -0.25) is 9.59 Å². The van der Waals surface area contributed by atoms with Gasteiger partial charge in [0.15, 0.2) is 5.60 Å². The first-order chi connectivity index (χ1) is 21.1. The number of halogens is 3. The van der Waals surface area contributed by atoms with Crippen LogP contribution in [0.5, 0.6) is 0 Å². The third-order valence-corrected chi connectivity index (χ3v) is 8.55. The number of aliphatic hydroxyl groups is 1. The second-order valence-electron chi connectivity index (χ2n) is 11.1. The molecule has 2 aliphatic heterocycles. The number of benzene rings is 3. The highest BCUT2D eigenvalue weighted by Gasteiger charge is 2.56. The third-order valence-electron chi connectivity index (χ3n) is 8.55. The Hall–Kier alpha value is -3.91. The third kappa shape index (κ3) is 6.18. The number of quaternary nitrogens is 1. The van der Waals surface area contributed by atoms with E-state index in [2.05, 4.69) is 11.8 Å². The Kier molecular flexibility index (Phi) is 9.30. The maximum atomic E-state index is 14.8. The van der Waals surface area contributed by atoms with Gasteiger partial charge in [0.25, 0.3) is 5.91 Å². The summed E-state index contributed by atoms with van der Waals surface area (Å²) in [4.78, 5) is 30.7. The number of alkyl halides is 3. The van der Waals surface area contributed by atoms with Crippen LogP contribution < -0.4 is 9.80 Å². The number of rotatable bonds is 8. The van der Waals surface area contributed by atoms with Crippen molar-refractivity contribution in [3.63, 3.8) is 0 Å². The maximum absolute atomic E-state index is 14.8. The van der Waals surface area contributed by atoms with E-state index in [9.17, 15) is 27.9 Å². The fourth-order valence-electron chi connectivity index (χ4n) is 6.01. The Balaban J connectivity index is 1.57. The van der Waals surface area contributed by atoms with Crippen molar-refractivity contribution < 1.29 is 37.5 Å². The second-order valence-corrected chi connectivity index (χ2v) is 11.1. The van der Waals surface area contributed by atoms with E-state index in [0.29, 0.717) is 38.2 Å². The molecule has 2 heterocycles. The molecule has 0 saturated carbocycles. The Labute approximate surface area is 255 Å². The predicted octanol–water partition coefficient (Wildman–Crippen LogP) is 3.36. The summed E-state index contributed by atoms with van der Waals surface area (Å²) >= 11 is 0. The molecule has 7 nitrogen and oxygen atoms in total. The zero-order valence-electron chi connectivity index (χ0n) is 25.0. The maximum Gasteiger partial charge on any atom is 0.416 e. The quantitative estimate of drug-likeness (QED) is 0.385. The Bertz CT molecular complexity index is 1600. The van der Waals surface area contributed by atoms with Crippen LogP contribution in [0.1, 0.15) is 48.9 Å². The zero-order chi connectivity index (χ0) is 31.5. The van der Waals surface area contributed by atoms with Crippen LogP contribution in [0.4, 0.5) is 18.9 Å². The molecule has 2 N–H and O–H groups in total. The van der Waals surface area contributed by atoms with Crippen LogP contribution in [0.2, 0.25) is 0 Å². The van der Waals surface area contributed by atoms with Gasteiger partial charge in [-0.2, -0.15) is 13.2 Å². The Morgan fingerprint density at radius 2 is 1.75 bits per heavy atom. The van der Waals surface area contributed by atoms with Crippen molar-refractivity contribution in [2.75, 3.05) is 57.4 Å². The van der Waals surface area contributed by atoms with E-state index in [1.54, 1.807) is 29.2 Å². The first-order valence-corrected chi connectivity index (χ1v) is 15.0. The number of hydrogen-bond acceptors (Lipinski definition) is 4. The molecule has 5 rings (SSSR count). The van der Waals surface area contributed by atoms with E-state index in [4.69, 9.17) is 4.74 Å². The van der Waals surface area contributed by atoms with E-state index >= 15 is 0 Å². The lowest BCUT2D eigenvalue weighted by atomic mass is 9.83. The van der Waals surface area contributed by atoms with Gasteiger partial charge in [-0.15, -0.1) is 0 Å². The number of fused-ring (bicyclic) bond motifs is 2. The Morgan fingerprint density at radius 1 is 1.05 bits per heavy atom. The summed E-state index contributed by atoms with van der Waals surface area (Å²) in [6.07, 6.45) is -4.56. The highest BCUT2D eigenvalue weighted by molar-refractivity contribution is 6.10. The summed E-state index contributed by atoms with van der Waals surface area (Å²) in [5.74, 6) is 4.73. The molecule has 232 valence electrons. The van der Waals surface area contributed by atoms with Crippen LogP contribution in [0, 0.1) is 11.8 Å². The molecule has 0 unspecified atom stereocenters. The summed E-state index contributed by atoms with van der Waals surface area (Å²) in [7, 11) is 0. The van der Waals surface area contributed by atoms with Gasteiger partial charge in [0.2, 0.25) is 5.91 Å². The van der Waals surface area contributed by atoms with E-state index < -0.39 is 28.8 Å². The molecular weight excluding hydrogens is 571 g/mol. The number of hydrogen-bond donors (Lipinski definition) is 2. The van der Waals surface area contributed by atoms with Crippen LogP contribution in [0.3, 0.4) is 0 Å². The molecule has 0 aromatic heterocycles. The molecule has 3 aromatic carbocycles. The van der Waals surface area contributed by atoms with Crippen LogP contribution in [0.15, 0.2) is 54.6 Å². The van der Waals surface area contributed by atoms with E-state index in [-0.39, 0.29) is 42.1 Å². The second kappa shape index (κ2) is 13.0. The van der Waals surface area contributed by atoms with Crippen molar-refractivity contribution in [2.24, 2.45) is 0 Å². The topological polar surface area (TPSA) is 74.5 Å². The number of carbonyl (C=O) groups excluding carboxylic acids is 2. The summed E-state index contributed by atoms with van der Waals surface area (Å²) in [6, 6.07) is 14.4. The van der Waals surface area contributed by atoms with Crippen LogP contribution in [-0.4, -0.2) is 74.3 Å². The minimum absolute atomic E-state index is 0.000679. The number of carbonyl (C=O) groups is 2. The molecule has 1 fully saturated rings. The molecule has 44 heavy (non-hydrogen) atoms. The van der Waals surface area contributed by atoms with Gasteiger partial charge in [-0.1, -0.05) is 48.2 Å². The molecule has 2 amide bonds. The van der Waals surface area contributed by atoms with Gasteiger partial charge >= 0.3 is 6.18 Å². The van der Waals surface area contributed by atoms with Gasteiger partial charge in [-0.05, 0) is 48.4 Å². The fraction of sp³-hybridized carbons (Fsp3) is 0.412. The normalized spacial score (nSPS) is 18.5. The van der Waals surface area contributed by atoms with Gasteiger partial charge in [0, 0.05) is 37.1 Å². The highest BCUT2D eigenvalue weighted by atomic mass is 19.4. The molecule has 2 aliphatic rings. The monoisotopic (exact) mass is 608 g/mol. The number of likely N-dealkylation sites (N-methyl/N-ethyl adjacent to an activating group) is 1. The minimum atomic E-state index is -4.88. The number of amides is 2. The summed E-state index contributed by atoms with van der Waals surface area (Å²) < 4.78 is 49.5. The zero-order valence-corrected chi connectivity index (χ0v) is 25.0. The largest absolute Gasteiger partial charge is 0.416 e. The summed E-state index contributed by atoms with van der Waals surface area (Å²) in [5.41, 5.74) is -3.99. The van der Waals surface area contributed by atoms with E-state index in [1.807, 2.05) is 26.0 Å². The molecule has 1 saturated heterocycles. The van der Waals surface area contributed by atoms with Crippen LogP contribution in [-0.2, 0) is 26.1 Å². The minimum Gasteiger partial charge on any atom is -0.378 e. The lowest BCUT2D eigenvalue weighted by Crippen LogP contribution is -3.12. The molecule has 3 aromatic rings. The van der Waals surface area contributed by atoms with Crippen LogP contribution >= 0.6 is 0 Å². The fourth-order valence-corrected chi connectivity index (χ4v) is 6.01. The molecule has 0 spiro atoms. The Morgan fingerprint density at radius 3 is 2.43 bits per heavy atom. The van der Waals surface area contributed by atoms with Crippen molar-refractivity contribution >= 4 is 28.3 Å². The van der Waals surface area contributed by atoms with Crippen molar-refractivity contribution in [3.8, 4) is 11.8 Å². The number of nitrogens with zero attached hydrogens (tertiary/aromatic N) is 2. The van der Waals surface area contributed by atoms with Gasteiger partial charge in [-0.25, -0.2) is 0 Å². The van der Waals surface area contributed by atoms with Crippen molar-refractivity contribution in [3.05, 3.63) is 76.9 Å². The average molecular weight is 609 g/mol. The smallest absolute Gasteiger partial charge is 0.378 e. The SMILES string of the molecule is CC[NH+](CC)CCN1C(=O)[C@@](O)(c2ccc3ccccc3c2)c2c1cc(C#CCCC(=O)N1CCOCC1)cc2C(F)(F)F. The average Bonchev–Trinajstić information content (AvgIpc) is 3.25. The first-order valence-electron chi connectivity index (χ1n) is 15.0. The molecule has 0 aliphatic carbocycles.